The van der Waals surface area contributed by atoms with Gasteiger partial charge in [-0.25, -0.2) is 0 Å². The zero-order valence-corrected chi connectivity index (χ0v) is 15.2. The van der Waals surface area contributed by atoms with Crippen molar-refractivity contribution < 1.29 is 14.7 Å². The van der Waals surface area contributed by atoms with Crippen LogP contribution in [0.3, 0.4) is 0 Å². The molecule has 2 aliphatic rings. The first kappa shape index (κ1) is 17.9. The normalized spacial score (nSPS) is 26.6. The van der Waals surface area contributed by atoms with Crippen LogP contribution < -0.4 is 5.32 Å². The lowest BCUT2D eigenvalue weighted by Gasteiger charge is -2.46. The third-order valence-electron chi connectivity index (χ3n) is 5.58. The number of nitrogens with zero attached hydrogens (tertiary/aromatic N) is 1. The second-order valence-corrected chi connectivity index (χ2v) is 7.63. The molecule has 25 heavy (non-hydrogen) atoms. The van der Waals surface area contributed by atoms with Gasteiger partial charge in [-0.05, 0) is 45.1 Å². The number of hydrogen-bond acceptors (Lipinski definition) is 3. The molecule has 2 N–H and O–H groups in total. The van der Waals surface area contributed by atoms with Gasteiger partial charge in [-0.2, -0.15) is 0 Å². The van der Waals surface area contributed by atoms with Crippen molar-refractivity contribution in [2.45, 2.75) is 52.1 Å². The van der Waals surface area contributed by atoms with E-state index in [1.807, 2.05) is 0 Å². The van der Waals surface area contributed by atoms with E-state index >= 15 is 0 Å². The van der Waals surface area contributed by atoms with E-state index < -0.39 is 11.5 Å². The van der Waals surface area contributed by atoms with Gasteiger partial charge in [-0.1, -0.05) is 29.3 Å². The summed E-state index contributed by atoms with van der Waals surface area (Å²) in [5.74, 6) is -0.0260. The highest BCUT2D eigenvalue weighted by molar-refractivity contribution is 5.86. The first-order valence-corrected chi connectivity index (χ1v) is 9.22. The summed E-state index contributed by atoms with van der Waals surface area (Å²) in [5, 5.41) is 13.3. The highest BCUT2D eigenvalue weighted by Crippen LogP contribution is 2.37. The van der Waals surface area contributed by atoms with E-state index in [-0.39, 0.29) is 11.8 Å². The van der Waals surface area contributed by atoms with E-state index in [0.717, 1.165) is 6.42 Å². The van der Waals surface area contributed by atoms with Gasteiger partial charge in [0.25, 0.3) is 0 Å². The van der Waals surface area contributed by atoms with Crippen LogP contribution in [0, 0.1) is 19.3 Å². The summed E-state index contributed by atoms with van der Waals surface area (Å²) in [7, 11) is 0. The highest BCUT2D eigenvalue weighted by Gasteiger charge is 2.50. The zero-order valence-electron chi connectivity index (χ0n) is 15.2. The van der Waals surface area contributed by atoms with Crippen molar-refractivity contribution in [1.82, 2.24) is 10.2 Å². The van der Waals surface area contributed by atoms with Gasteiger partial charge in [-0.15, -0.1) is 0 Å². The summed E-state index contributed by atoms with van der Waals surface area (Å²) >= 11 is 0. The van der Waals surface area contributed by atoms with Crippen molar-refractivity contribution in [1.29, 1.82) is 0 Å². The SMILES string of the molecule is Cc1cc(C)cc(CCC(=O)N2CC[C@@H](O)[C@@]3(CCCNC3=O)C2)c1. The van der Waals surface area contributed by atoms with Gasteiger partial charge < -0.3 is 15.3 Å². The number of hydrogen-bond donors (Lipinski definition) is 2. The van der Waals surface area contributed by atoms with Gasteiger partial charge in [0.05, 0.1) is 11.5 Å². The molecule has 1 spiro atoms. The van der Waals surface area contributed by atoms with Gasteiger partial charge >= 0.3 is 0 Å². The van der Waals surface area contributed by atoms with Crippen molar-refractivity contribution >= 4 is 11.8 Å². The molecule has 2 aliphatic heterocycles. The van der Waals surface area contributed by atoms with Crippen LogP contribution in [0.25, 0.3) is 0 Å². The fourth-order valence-corrected chi connectivity index (χ4v) is 4.28. The largest absolute Gasteiger partial charge is 0.392 e. The third-order valence-corrected chi connectivity index (χ3v) is 5.58. The standard InChI is InChI=1S/C20H28N2O3/c1-14-10-15(2)12-16(11-14)4-5-18(24)22-9-6-17(23)20(13-22)7-3-8-21-19(20)25/h10-12,17,23H,3-9,13H2,1-2H3,(H,21,25)/t17-,20-/m1/s1. The Morgan fingerprint density at radius 1 is 1.32 bits per heavy atom. The number of aliphatic hydroxyl groups is 1. The van der Waals surface area contributed by atoms with Crippen LogP contribution in [-0.2, 0) is 16.0 Å². The van der Waals surface area contributed by atoms with Crippen LogP contribution >= 0.6 is 0 Å². The van der Waals surface area contributed by atoms with Crippen molar-refractivity contribution in [3.63, 3.8) is 0 Å². The molecule has 0 aliphatic carbocycles. The summed E-state index contributed by atoms with van der Waals surface area (Å²) in [6.45, 7) is 5.66. The van der Waals surface area contributed by atoms with Crippen molar-refractivity contribution in [2.24, 2.45) is 5.41 Å². The van der Waals surface area contributed by atoms with E-state index in [1.54, 1.807) is 4.90 Å². The first-order chi connectivity index (χ1) is 11.9. The Morgan fingerprint density at radius 3 is 2.72 bits per heavy atom. The monoisotopic (exact) mass is 344 g/mol. The summed E-state index contributed by atoms with van der Waals surface area (Å²) in [6, 6.07) is 6.37. The molecule has 2 fully saturated rings. The molecule has 0 radical (unpaired) electrons. The van der Waals surface area contributed by atoms with Crippen LogP contribution in [0.1, 0.15) is 42.4 Å². The molecule has 0 unspecified atom stereocenters. The average molecular weight is 344 g/mol. The van der Waals surface area contributed by atoms with Crippen LogP contribution in [0.2, 0.25) is 0 Å². The molecule has 1 aromatic rings. The summed E-state index contributed by atoms with van der Waals surface area (Å²) < 4.78 is 0. The van der Waals surface area contributed by atoms with E-state index in [1.165, 1.54) is 16.7 Å². The van der Waals surface area contributed by atoms with Gasteiger partial charge in [0.2, 0.25) is 11.8 Å². The fraction of sp³-hybridized carbons (Fsp3) is 0.600. The van der Waals surface area contributed by atoms with E-state index in [4.69, 9.17) is 0 Å². The number of amides is 2. The topological polar surface area (TPSA) is 69.6 Å². The Hall–Kier alpha value is -1.88. The maximum absolute atomic E-state index is 12.7. The van der Waals surface area contributed by atoms with Gasteiger partial charge in [-0.3, -0.25) is 9.59 Å². The van der Waals surface area contributed by atoms with Crippen LogP contribution in [0.4, 0.5) is 0 Å². The van der Waals surface area contributed by atoms with Crippen LogP contribution in [0.5, 0.6) is 0 Å². The lowest BCUT2D eigenvalue weighted by atomic mass is 9.71. The summed E-state index contributed by atoms with van der Waals surface area (Å²) in [6.07, 6.45) is 2.48. The Morgan fingerprint density at radius 2 is 2.04 bits per heavy atom. The lowest BCUT2D eigenvalue weighted by Crippen LogP contribution is -2.62. The minimum Gasteiger partial charge on any atom is -0.392 e. The molecule has 3 rings (SSSR count). The molecule has 2 amide bonds. The quantitative estimate of drug-likeness (QED) is 0.877. The number of nitrogens with one attached hydrogen (secondary N) is 1. The number of carbonyl (C=O) groups excluding carboxylic acids is 2. The molecule has 5 nitrogen and oxygen atoms in total. The van der Waals surface area contributed by atoms with Gasteiger partial charge in [0, 0.05) is 26.1 Å². The molecule has 5 heteroatoms. The Labute approximate surface area is 149 Å². The predicted molar refractivity (Wildman–Crippen MR) is 96.1 cm³/mol. The van der Waals surface area contributed by atoms with E-state index in [0.29, 0.717) is 45.3 Å². The number of likely N-dealkylation sites (tertiary alicyclic amines) is 1. The first-order valence-electron chi connectivity index (χ1n) is 9.22. The Balaban J connectivity index is 1.65. The number of carbonyl (C=O) groups is 2. The fourth-order valence-electron chi connectivity index (χ4n) is 4.28. The molecule has 2 atom stereocenters. The third kappa shape index (κ3) is 3.71. The zero-order chi connectivity index (χ0) is 18.0. The van der Waals surface area contributed by atoms with Crippen molar-refractivity contribution in [3.8, 4) is 0 Å². The average Bonchev–Trinajstić information content (AvgIpc) is 2.57. The van der Waals surface area contributed by atoms with Crippen LogP contribution in [0.15, 0.2) is 18.2 Å². The maximum Gasteiger partial charge on any atom is 0.230 e. The number of aryl methyl sites for hydroxylation is 3. The molecule has 0 saturated carbocycles. The van der Waals surface area contributed by atoms with Crippen LogP contribution in [-0.4, -0.2) is 47.6 Å². The molecule has 2 heterocycles. The van der Waals surface area contributed by atoms with Gasteiger partial charge in [0.1, 0.15) is 0 Å². The van der Waals surface area contributed by atoms with Gasteiger partial charge in [0.15, 0.2) is 0 Å². The molecule has 2 saturated heterocycles. The Kier molecular flexibility index (Phi) is 5.13. The Bertz CT molecular complexity index is 653. The molecule has 1 aromatic carbocycles. The smallest absolute Gasteiger partial charge is 0.230 e. The minimum absolute atomic E-state index is 0.0730. The number of benzene rings is 1. The molecule has 0 bridgehead atoms. The second kappa shape index (κ2) is 7.16. The molecule has 0 aromatic heterocycles. The predicted octanol–water partition coefficient (Wildman–Crippen LogP) is 1.73. The number of rotatable bonds is 3. The second-order valence-electron chi connectivity index (χ2n) is 7.63. The van der Waals surface area contributed by atoms with E-state index in [9.17, 15) is 14.7 Å². The summed E-state index contributed by atoms with van der Waals surface area (Å²) in [5.41, 5.74) is 2.78. The highest BCUT2D eigenvalue weighted by atomic mass is 16.3. The van der Waals surface area contributed by atoms with Crippen molar-refractivity contribution in [2.75, 3.05) is 19.6 Å². The lowest BCUT2D eigenvalue weighted by molar-refractivity contribution is -0.154. The number of aliphatic hydroxyl groups excluding tert-OH is 1. The van der Waals surface area contributed by atoms with E-state index in [2.05, 4.69) is 37.4 Å². The number of piperidine rings is 2. The molecular formula is C20H28N2O3. The van der Waals surface area contributed by atoms with Crippen molar-refractivity contribution in [3.05, 3.63) is 34.9 Å². The summed E-state index contributed by atoms with van der Waals surface area (Å²) in [4.78, 5) is 26.9. The maximum atomic E-state index is 12.7. The molecular weight excluding hydrogens is 316 g/mol. The minimum atomic E-state index is -0.813. The molecule has 136 valence electrons.